The predicted molar refractivity (Wildman–Crippen MR) is 120 cm³/mol. The minimum absolute atomic E-state index is 0.0881. The molecule has 1 aliphatic rings. The van der Waals surface area contributed by atoms with Crippen molar-refractivity contribution in [2.75, 3.05) is 6.54 Å². The molecule has 0 radical (unpaired) electrons. The highest BCUT2D eigenvalue weighted by Crippen LogP contribution is 2.25. The molecule has 0 aromatic heterocycles. The van der Waals surface area contributed by atoms with E-state index >= 15 is 0 Å². The van der Waals surface area contributed by atoms with E-state index in [9.17, 15) is 19.2 Å². The summed E-state index contributed by atoms with van der Waals surface area (Å²) in [5.74, 6) is -1.51. The second-order valence-electron chi connectivity index (χ2n) is 7.39. The largest absolute Gasteiger partial charge is 0.423 e. The average Bonchev–Trinajstić information content (AvgIpc) is 3.05. The first-order chi connectivity index (χ1) is 15.9. The molecule has 0 fully saturated rings. The molecule has 3 aromatic carbocycles. The second kappa shape index (κ2) is 8.92. The zero-order valence-electron chi connectivity index (χ0n) is 17.7. The van der Waals surface area contributed by atoms with E-state index < -0.39 is 23.8 Å². The van der Waals surface area contributed by atoms with Gasteiger partial charge in [-0.15, -0.1) is 6.58 Å². The third-order valence-electron chi connectivity index (χ3n) is 5.05. The molecule has 0 saturated carbocycles. The van der Waals surface area contributed by atoms with Gasteiger partial charge in [0.25, 0.3) is 11.8 Å². The number of aryl methyl sites for hydroxylation is 1. The summed E-state index contributed by atoms with van der Waals surface area (Å²) in [5.41, 5.74) is 1.84. The molecule has 3 aromatic rings. The van der Waals surface area contributed by atoms with Crippen molar-refractivity contribution in [1.82, 2.24) is 4.90 Å². The molecule has 0 saturated heterocycles. The van der Waals surface area contributed by atoms with Gasteiger partial charge in [-0.05, 0) is 61.5 Å². The van der Waals surface area contributed by atoms with Gasteiger partial charge in [0, 0.05) is 6.54 Å². The summed E-state index contributed by atoms with van der Waals surface area (Å²) in [4.78, 5) is 50.6. The molecule has 0 spiro atoms. The number of benzene rings is 3. The molecule has 1 aliphatic heterocycles. The van der Waals surface area contributed by atoms with Crippen LogP contribution >= 0.6 is 0 Å². The summed E-state index contributed by atoms with van der Waals surface area (Å²) in [7, 11) is 0. The van der Waals surface area contributed by atoms with Gasteiger partial charge < -0.3 is 9.47 Å². The van der Waals surface area contributed by atoms with Gasteiger partial charge in [0.15, 0.2) is 0 Å². The van der Waals surface area contributed by atoms with Crippen LogP contribution in [-0.4, -0.2) is 35.2 Å². The maximum atomic E-state index is 12.6. The van der Waals surface area contributed by atoms with Gasteiger partial charge in [-0.1, -0.05) is 23.8 Å². The lowest BCUT2D eigenvalue weighted by Crippen LogP contribution is -2.29. The minimum atomic E-state index is -0.699. The Labute approximate surface area is 189 Å². The number of esters is 2. The molecular formula is C26H19NO6. The Kier molecular flexibility index (Phi) is 5.87. The Morgan fingerprint density at radius 1 is 0.788 bits per heavy atom. The Balaban J connectivity index is 1.44. The van der Waals surface area contributed by atoms with Gasteiger partial charge in [-0.3, -0.25) is 14.5 Å². The number of fused-ring (bicyclic) bond motifs is 1. The van der Waals surface area contributed by atoms with E-state index in [1.807, 2.05) is 19.1 Å². The van der Waals surface area contributed by atoms with E-state index in [4.69, 9.17) is 9.47 Å². The highest BCUT2D eigenvalue weighted by molar-refractivity contribution is 6.22. The highest BCUT2D eigenvalue weighted by atomic mass is 16.5. The van der Waals surface area contributed by atoms with Crippen molar-refractivity contribution in [2.24, 2.45) is 0 Å². The number of nitrogens with zero attached hydrogens (tertiary/aromatic N) is 1. The van der Waals surface area contributed by atoms with E-state index in [2.05, 4.69) is 6.58 Å². The fourth-order valence-corrected chi connectivity index (χ4v) is 3.31. The molecule has 4 rings (SSSR count). The van der Waals surface area contributed by atoms with Crippen LogP contribution in [0.5, 0.6) is 11.5 Å². The Bertz CT molecular complexity index is 1280. The summed E-state index contributed by atoms with van der Waals surface area (Å²) in [6, 6.07) is 17.2. The summed E-state index contributed by atoms with van der Waals surface area (Å²) in [6.07, 6.45) is 1.46. The third-order valence-corrected chi connectivity index (χ3v) is 5.05. The summed E-state index contributed by atoms with van der Waals surface area (Å²) in [5, 5.41) is 0. The molecular weight excluding hydrogens is 422 g/mol. The average molecular weight is 441 g/mol. The number of carbonyl (C=O) groups is 4. The minimum Gasteiger partial charge on any atom is -0.423 e. The molecule has 1 heterocycles. The zero-order valence-corrected chi connectivity index (χ0v) is 17.7. The summed E-state index contributed by atoms with van der Waals surface area (Å²) in [6.45, 7) is 5.56. The number of rotatable bonds is 6. The van der Waals surface area contributed by atoms with Crippen LogP contribution in [0.15, 0.2) is 79.4 Å². The molecule has 164 valence electrons. The van der Waals surface area contributed by atoms with Crippen LogP contribution in [0, 0.1) is 6.92 Å². The van der Waals surface area contributed by atoms with Crippen LogP contribution in [0.4, 0.5) is 0 Å². The number of hydrogen-bond acceptors (Lipinski definition) is 6. The molecule has 33 heavy (non-hydrogen) atoms. The van der Waals surface area contributed by atoms with E-state index in [1.54, 1.807) is 12.1 Å². The first-order valence-corrected chi connectivity index (χ1v) is 10.1. The van der Waals surface area contributed by atoms with Crippen LogP contribution in [-0.2, 0) is 0 Å². The maximum absolute atomic E-state index is 12.6. The van der Waals surface area contributed by atoms with Gasteiger partial charge in [0.05, 0.1) is 22.3 Å². The van der Waals surface area contributed by atoms with E-state index in [0.29, 0.717) is 11.3 Å². The molecule has 0 unspecified atom stereocenters. The van der Waals surface area contributed by atoms with E-state index in [-0.39, 0.29) is 29.0 Å². The molecule has 0 N–H and O–H groups in total. The van der Waals surface area contributed by atoms with Gasteiger partial charge >= 0.3 is 11.9 Å². The lowest BCUT2D eigenvalue weighted by molar-refractivity contribution is 0.0669. The number of amides is 2. The second-order valence-corrected chi connectivity index (χ2v) is 7.39. The van der Waals surface area contributed by atoms with E-state index in [0.717, 1.165) is 10.5 Å². The smallest absolute Gasteiger partial charge is 0.343 e. The zero-order chi connectivity index (χ0) is 23.5. The van der Waals surface area contributed by atoms with Gasteiger partial charge in [0.2, 0.25) is 0 Å². The third kappa shape index (κ3) is 4.43. The predicted octanol–water partition coefficient (Wildman–Crippen LogP) is 4.22. The number of hydrogen-bond donors (Lipinski definition) is 0. The molecule has 0 aliphatic carbocycles. The van der Waals surface area contributed by atoms with Gasteiger partial charge in [-0.25, -0.2) is 9.59 Å². The monoisotopic (exact) mass is 441 g/mol. The van der Waals surface area contributed by atoms with Gasteiger partial charge in [-0.2, -0.15) is 0 Å². The van der Waals surface area contributed by atoms with Crippen LogP contribution in [0.2, 0.25) is 0 Å². The van der Waals surface area contributed by atoms with Gasteiger partial charge in [0.1, 0.15) is 11.5 Å². The number of ether oxygens (including phenoxy) is 2. The summed E-state index contributed by atoms with van der Waals surface area (Å²) >= 11 is 0. The molecule has 7 heteroatoms. The fraction of sp³-hybridized carbons (Fsp3) is 0.0769. The number of carbonyl (C=O) groups excluding carboxylic acids is 4. The van der Waals surface area contributed by atoms with Crippen molar-refractivity contribution >= 4 is 23.8 Å². The lowest BCUT2D eigenvalue weighted by atomic mass is 10.1. The van der Waals surface area contributed by atoms with Crippen molar-refractivity contribution in [3.05, 3.63) is 107 Å². The molecule has 7 nitrogen and oxygen atoms in total. The van der Waals surface area contributed by atoms with Crippen molar-refractivity contribution in [3.8, 4) is 11.5 Å². The number of imide groups is 1. The molecule has 0 bridgehead atoms. The van der Waals surface area contributed by atoms with Crippen LogP contribution in [0.1, 0.15) is 47.0 Å². The van der Waals surface area contributed by atoms with Crippen molar-refractivity contribution in [1.29, 1.82) is 0 Å². The summed E-state index contributed by atoms with van der Waals surface area (Å²) < 4.78 is 10.7. The normalized spacial score (nSPS) is 12.3. The van der Waals surface area contributed by atoms with E-state index in [1.165, 1.54) is 48.5 Å². The van der Waals surface area contributed by atoms with Crippen LogP contribution in [0.3, 0.4) is 0 Å². The Hall–Kier alpha value is -4.52. The first-order valence-electron chi connectivity index (χ1n) is 10.1. The molecule has 2 amide bonds. The maximum Gasteiger partial charge on any atom is 0.343 e. The quantitative estimate of drug-likeness (QED) is 0.246. The van der Waals surface area contributed by atoms with Crippen molar-refractivity contribution < 1.29 is 28.7 Å². The molecule has 0 atom stereocenters. The lowest BCUT2D eigenvalue weighted by Gasteiger charge is -2.09. The standard InChI is InChI=1S/C26H19NO6/c1-3-14-27-23(28)21-13-8-18(15-22(21)24(27)29)26(31)33-20-11-6-17(7-12-20)25(30)32-19-9-4-16(2)5-10-19/h3-13,15H,1,14H2,2H3. The Morgan fingerprint density at radius 2 is 1.30 bits per heavy atom. The first kappa shape index (κ1) is 21.7. The SMILES string of the molecule is C=CCN1C(=O)c2ccc(C(=O)Oc3ccc(C(=O)Oc4ccc(C)cc4)cc3)cc2C1=O. The Morgan fingerprint density at radius 3 is 1.91 bits per heavy atom. The fourth-order valence-electron chi connectivity index (χ4n) is 3.31. The highest BCUT2D eigenvalue weighted by Gasteiger charge is 2.35. The van der Waals surface area contributed by atoms with Crippen LogP contribution < -0.4 is 9.47 Å². The topological polar surface area (TPSA) is 90.0 Å². The van der Waals surface area contributed by atoms with Crippen LogP contribution in [0.25, 0.3) is 0 Å². The van der Waals surface area contributed by atoms with Crippen molar-refractivity contribution in [2.45, 2.75) is 6.92 Å². The van der Waals surface area contributed by atoms with Crippen molar-refractivity contribution in [3.63, 3.8) is 0 Å².